The van der Waals surface area contributed by atoms with Gasteiger partial charge in [-0.25, -0.2) is 14.6 Å². The van der Waals surface area contributed by atoms with Crippen LogP contribution in [0.1, 0.15) is 71.0 Å². The van der Waals surface area contributed by atoms with Gasteiger partial charge in [-0.2, -0.15) is 5.26 Å². The lowest BCUT2D eigenvalue weighted by molar-refractivity contribution is -0.118. The van der Waals surface area contributed by atoms with Gasteiger partial charge in [0, 0.05) is 41.0 Å². The summed E-state index contributed by atoms with van der Waals surface area (Å²) < 4.78 is 1.62. The maximum atomic E-state index is 12.8. The Morgan fingerprint density at radius 3 is 2.81 bits per heavy atom. The van der Waals surface area contributed by atoms with Crippen LogP contribution in [0.2, 0.25) is 5.02 Å². The van der Waals surface area contributed by atoms with E-state index in [0.717, 1.165) is 36.1 Å². The number of hydrogen-bond acceptors (Lipinski definition) is 7. The molecule has 1 aromatic carbocycles. The number of fused-ring (bicyclic) bond motifs is 1. The Hall–Kier alpha value is -3.84. The Labute approximate surface area is 218 Å². The number of benzene rings is 1. The molecule has 0 spiro atoms. The molecule has 3 heterocycles. The van der Waals surface area contributed by atoms with Crippen molar-refractivity contribution < 1.29 is 9.59 Å². The molecule has 0 bridgehead atoms. The number of nitrogens with zero attached hydrogens (tertiary/aromatic N) is 7. The van der Waals surface area contributed by atoms with Crippen LogP contribution in [-0.4, -0.2) is 49.4 Å². The van der Waals surface area contributed by atoms with E-state index in [0.29, 0.717) is 29.0 Å². The molecule has 10 nitrogen and oxygen atoms in total. The third-order valence-corrected chi connectivity index (χ3v) is 8.04. The molecule has 3 aromatic rings. The summed E-state index contributed by atoms with van der Waals surface area (Å²) in [5.41, 5.74) is 3.37. The summed E-state index contributed by atoms with van der Waals surface area (Å²) in [7, 11) is 0. The number of nitriles is 1. The number of aromatic nitrogens is 5. The van der Waals surface area contributed by atoms with Crippen LogP contribution in [0.5, 0.6) is 0 Å². The molecule has 3 fully saturated rings. The minimum atomic E-state index is -0.289. The third kappa shape index (κ3) is 4.23. The summed E-state index contributed by atoms with van der Waals surface area (Å²) in [6.07, 6.45) is 5.79. The molecule has 6 rings (SSSR count). The molecule has 1 saturated heterocycles. The first-order valence-corrected chi connectivity index (χ1v) is 12.8. The first kappa shape index (κ1) is 23.6. The van der Waals surface area contributed by atoms with Gasteiger partial charge in [0.1, 0.15) is 0 Å². The van der Waals surface area contributed by atoms with Gasteiger partial charge in [0.15, 0.2) is 5.69 Å². The third-order valence-electron chi connectivity index (χ3n) is 7.81. The predicted octanol–water partition coefficient (Wildman–Crippen LogP) is 3.17. The molecule has 2 aromatic heterocycles. The minimum Gasteiger partial charge on any atom is -0.348 e. The molecule has 2 amide bonds. The molecule has 0 unspecified atom stereocenters. The Bertz CT molecular complexity index is 1460. The van der Waals surface area contributed by atoms with Crippen molar-refractivity contribution in [2.75, 3.05) is 11.4 Å². The van der Waals surface area contributed by atoms with Crippen molar-refractivity contribution in [1.82, 2.24) is 30.3 Å². The fourth-order valence-electron chi connectivity index (χ4n) is 5.40. The quantitative estimate of drug-likeness (QED) is 0.532. The summed E-state index contributed by atoms with van der Waals surface area (Å²) >= 11 is 6.11. The van der Waals surface area contributed by atoms with Crippen LogP contribution in [0.4, 0.5) is 5.95 Å². The van der Waals surface area contributed by atoms with Crippen molar-refractivity contribution in [3.63, 3.8) is 0 Å². The zero-order valence-electron chi connectivity index (χ0n) is 20.4. The first-order chi connectivity index (χ1) is 17.8. The number of piperidine rings is 1. The zero-order valence-corrected chi connectivity index (χ0v) is 21.2. The number of carbonyl (C=O) groups excluding carboxylic acids is 2. The highest BCUT2D eigenvalue weighted by Crippen LogP contribution is 2.46. The van der Waals surface area contributed by atoms with Crippen molar-refractivity contribution in [3.8, 4) is 6.07 Å². The average Bonchev–Trinajstić information content (AvgIpc) is 3.31. The summed E-state index contributed by atoms with van der Waals surface area (Å²) in [5, 5.41) is 21.2. The SMILES string of the molecule is Cc1nc(N2C[C@H]3C[C@H]3C2=O)ncc1[C@H](C)n1cc(C(=O)NC2CC(c3cc(Cl)ccc3C#N)C2)nn1. The average molecular weight is 517 g/mol. The van der Waals surface area contributed by atoms with E-state index in [1.807, 2.05) is 19.9 Å². The Balaban J connectivity index is 1.08. The number of hydrogen-bond donors (Lipinski definition) is 1. The highest BCUT2D eigenvalue weighted by molar-refractivity contribution is 6.30. The van der Waals surface area contributed by atoms with Gasteiger partial charge in [-0.3, -0.25) is 14.5 Å². The highest BCUT2D eigenvalue weighted by Gasteiger charge is 2.53. The lowest BCUT2D eigenvalue weighted by Gasteiger charge is -2.36. The molecule has 1 aliphatic heterocycles. The van der Waals surface area contributed by atoms with Crippen molar-refractivity contribution in [1.29, 1.82) is 5.26 Å². The number of nitrogens with one attached hydrogen (secondary N) is 1. The minimum absolute atomic E-state index is 0.00637. The van der Waals surface area contributed by atoms with Crippen LogP contribution in [-0.2, 0) is 4.79 Å². The topological polar surface area (TPSA) is 130 Å². The van der Waals surface area contributed by atoms with Crippen molar-refractivity contribution in [2.45, 2.75) is 51.1 Å². The van der Waals surface area contributed by atoms with Gasteiger partial charge in [-0.05, 0) is 68.7 Å². The number of rotatable bonds is 6. The van der Waals surface area contributed by atoms with Crippen LogP contribution in [0.3, 0.4) is 0 Å². The van der Waals surface area contributed by atoms with E-state index < -0.39 is 0 Å². The van der Waals surface area contributed by atoms with Crippen molar-refractivity contribution in [2.24, 2.45) is 11.8 Å². The largest absolute Gasteiger partial charge is 0.348 e. The van der Waals surface area contributed by atoms with Crippen LogP contribution in [0, 0.1) is 30.1 Å². The monoisotopic (exact) mass is 516 g/mol. The van der Waals surface area contributed by atoms with Gasteiger partial charge < -0.3 is 5.32 Å². The van der Waals surface area contributed by atoms with Crippen molar-refractivity contribution in [3.05, 3.63) is 63.7 Å². The molecule has 3 atom stereocenters. The van der Waals surface area contributed by atoms with Gasteiger partial charge in [0.25, 0.3) is 5.91 Å². The fourth-order valence-corrected chi connectivity index (χ4v) is 5.58. The van der Waals surface area contributed by atoms with E-state index in [4.69, 9.17) is 11.6 Å². The lowest BCUT2D eigenvalue weighted by Crippen LogP contribution is -2.43. The molecular weight excluding hydrogens is 492 g/mol. The number of halogens is 1. The maximum Gasteiger partial charge on any atom is 0.273 e. The van der Waals surface area contributed by atoms with E-state index in [1.54, 1.807) is 34.1 Å². The molecule has 2 aliphatic carbocycles. The predicted molar refractivity (Wildman–Crippen MR) is 134 cm³/mol. The molecular formula is C26H25ClN8O2. The highest BCUT2D eigenvalue weighted by atomic mass is 35.5. The van der Waals surface area contributed by atoms with E-state index >= 15 is 0 Å². The fraction of sp³-hybridized carbons (Fsp3) is 0.423. The molecule has 2 saturated carbocycles. The normalized spacial score (nSPS) is 24.7. The second-order valence-electron chi connectivity index (χ2n) is 10.2. The standard InChI is InChI=1S/C26H25ClN8O2/c1-13-22(10-29-26(30-13)34-11-17-7-21(17)25(34)37)14(2)35-12-23(32-33-35)24(36)31-19-5-16(6-19)20-8-18(27)4-3-15(20)9-28/h3-4,8,10,12,14,16-17,19,21H,5-7,11H2,1-2H3,(H,31,36)/t14-,16?,17+,19?,21+/m0/s1. The molecule has 3 aliphatic rings. The summed E-state index contributed by atoms with van der Waals surface area (Å²) in [4.78, 5) is 35.9. The molecule has 0 radical (unpaired) electrons. The lowest BCUT2D eigenvalue weighted by atomic mass is 9.74. The second kappa shape index (κ2) is 8.92. The summed E-state index contributed by atoms with van der Waals surface area (Å²) in [6, 6.07) is 7.24. The van der Waals surface area contributed by atoms with Gasteiger partial charge in [0.2, 0.25) is 11.9 Å². The smallest absolute Gasteiger partial charge is 0.273 e. The number of aryl methyl sites for hydroxylation is 1. The van der Waals surface area contributed by atoms with Crippen LogP contribution in [0.15, 0.2) is 30.6 Å². The van der Waals surface area contributed by atoms with E-state index in [9.17, 15) is 14.9 Å². The molecule has 188 valence electrons. The van der Waals surface area contributed by atoms with E-state index in [-0.39, 0.29) is 41.4 Å². The Morgan fingerprint density at radius 1 is 1.30 bits per heavy atom. The summed E-state index contributed by atoms with van der Waals surface area (Å²) in [6.45, 7) is 4.51. The zero-order chi connectivity index (χ0) is 25.8. The molecule has 1 N–H and O–H groups in total. The van der Waals surface area contributed by atoms with Gasteiger partial charge >= 0.3 is 0 Å². The number of anilines is 1. The maximum absolute atomic E-state index is 12.8. The van der Waals surface area contributed by atoms with Gasteiger partial charge in [-0.1, -0.05) is 16.8 Å². The molecule has 11 heteroatoms. The van der Waals surface area contributed by atoms with E-state index in [2.05, 4.69) is 31.7 Å². The van der Waals surface area contributed by atoms with Crippen LogP contribution < -0.4 is 10.2 Å². The summed E-state index contributed by atoms with van der Waals surface area (Å²) in [5.74, 6) is 1.06. The number of amides is 2. The first-order valence-electron chi connectivity index (χ1n) is 12.4. The van der Waals surface area contributed by atoms with Crippen molar-refractivity contribution >= 4 is 29.4 Å². The second-order valence-corrected chi connectivity index (χ2v) is 10.6. The van der Waals surface area contributed by atoms with E-state index in [1.165, 1.54) is 0 Å². The van der Waals surface area contributed by atoms with Gasteiger partial charge in [0.05, 0.1) is 23.9 Å². The Morgan fingerprint density at radius 2 is 2.11 bits per heavy atom. The van der Waals surface area contributed by atoms with Crippen LogP contribution >= 0.6 is 11.6 Å². The molecule has 37 heavy (non-hydrogen) atoms. The number of carbonyl (C=O) groups is 2. The van der Waals surface area contributed by atoms with Gasteiger partial charge in [-0.15, -0.1) is 5.10 Å². The Kier molecular flexibility index (Phi) is 5.68. The van der Waals surface area contributed by atoms with Crippen LogP contribution in [0.25, 0.3) is 0 Å².